The highest BCUT2D eigenvalue weighted by Gasteiger charge is 2.24. The quantitative estimate of drug-likeness (QED) is 0.561. The van der Waals surface area contributed by atoms with Gasteiger partial charge in [-0.15, -0.1) is 0 Å². The first-order valence-corrected chi connectivity index (χ1v) is 10.2. The molecule has 6 heteroatoms. The van der Waals surface area contributed by atoms with Gasteiger partial charge in [-0.25, -0.2) is 4.98 Å². The summed E-state index contributed by atoms with van der Waals surface area (Å²) in [6, 6.07) is 13.4. The molecule has 29 heavy (non-hydrogen) atoms. The van der Waals surface area contributed by atoms with Crippen molar-refractivity contribution in [3.63, 3.8) is 0 Å². The van der Waals surface area contributed by atoms with Crippen molar-refractivity contribution in [1.29, 1.82) is 0 Å². The fraction of sp³-hybridized carbons (Fsp3) is 0.348. The molecule has 0 fully saturated rings. The largest absolute Gasteiger partial charge is 0.351 e. The Balaban J connectivity index is 1.94. The highest BCUT2D eigenvalue weighted by molar-refractivity contribution is 6.04. The molecule has 0 aliphatic carbocycles. The van der Waals surface area contributed by atoms with Crippen LogP contribution in [0.1, 0.15) is 60.6 Å². The molecule has 152 valence electrons. The van der Waals surface area contributed by atoms with Gasteiger partial charge in [0.15, 0.2) is 11.5 Å². The molecule has 2 heterocycles. The van der Waals surface area contributed by atoms with Crippen LogP contribution in [0, 0.1) is 6.92 Å². The number of pyridine rings is 1. The summed E-state index contributed by atoms with van der Waals surface area (Å²) < 4.78 is 1.75. The molecule has 1 unspecified atom stereocenters. The lowest BCUT2D eigenvalue weighted by Crippen LogP contribution is -2.28. The summed E-state index contributed by atoms with van der Waals surface area (Å²) in [7, 11) is 0. The standard InChI is InChI=1S/C23H28N4O2/c1-4-6-14-24-23(29)20-21(25-19-13-12-16(3)15-27(19)20)26-22(28)18(5-2)17-10-8-7-9-11-17/h7-13,15,18H,4-6,14H2,1-3H3,(H,24,29)(H,26,28). The number of fused-ring (bicyclic) bond motifs is 1. The topological polar surface area (TPSA) is 75.5 Å². The molecule has 0 bridgehead atoms. The van der Waals surface area contributed by atoms with E-state index in [0.29, 0.717) is 30.1 Å². The molecule has 0 spiro atoms. The number of anilines is 1. The maximum absolute atomic E-state index is 13.0. The fourth-order valence-corrected chi connectivity index (χ4v) is 3.38. The first kappa shape index (κ1) is 20.6. The molecule has 6 nitrogen and oxygen atoms in total. The molecule has 2 aromatic heterocycles. The minimum atomic E-state index is -0.307. The van der Waals surface area contributed by atoms with Crippen LogP contribution >= 0.6 is 0 Å². The zero-order valence-corrected chi connectivity index (χ0v) is 17.2. The zero-order valence-electron chi connectivity index (χ0n) is 17.2. The van der Waals surface area contributed by atoms with Crippen molar-refractivity contribution in [2.24, 2.45) is 0 Å². The summed E-state index contributed by atoms with van der Waals surface area (Å²) in [5.41, 5.74) is 2.93. The van der Waals surface area contributed by atoms with Crippen molar-refractivity contribution in [2.75, 3.05) is 11.9 Å². The Hall–Kier alpha value is -3.15. The molecule has 1 atom stereocenters. The van der Waals surface area contributed by atoms with Gasteiger partial charge in [0, 0.05) is 12.7 Å². The molecule has 3 rings (SSSR count). The van der Waals surface area contributed by atoms with E-state index < -0.39 is 0 Å². The van der Waals surface area contributed by atoms with E-state index in [1.165, 1.54) is 0 Å². The summed E-state index contributed by atoms with van der Waals surface area (Å²) in [5.74, 6) is -0.413. The third-order valence-electron chi connectivity index (χ3n) is 4.97. The number of hydrogen-bond acceptors (Lipinski definition) is 3. The van der Waals surface area contributed by atoms with Crippen LogP contribution in [0.5, 0.6) is 0 Å². The fourth-order valence-electron chi connectivity index (χ4n) is 3.38. The summed E-state index contributed by atoms with van der Waals surface area (Å²) in [6.07, 6.45) is 4.40. The maximum Gasteiger partial charge on any atom is 0.272 e. The first-order valence-electron chi connectivity index (χ1n) is 10.2. The van der Waals surface area contributed by atoms with Crippen molar-refractivity contribution < 1.29 is 9.59 Å². The highest BCUT2D eigenvalue weighted by atomic mass is 16.2. The third-order valence-corrected chi connectivity index (χ3v) is 4.97. The summed E-state index contributed by atoms with van der Waals surface area (Å²) in [4.78, 5) is 30.4. The van der Waals surface area contributed by atoms with Crippen molar-refractivity contribution >= 4 is 23.3 Å². The number of carbonyl (C=O) groups excluding carboxylic acids is 2. The second-order valence-corrected chi connectivity index (χ2v) is 7.21. The van der Waals surface area contributed by atoms with Gasteiger partial charge < -0.3 is 10.6 Å². The number of benzene rings is 1. The molecule has 0 saturated carbocycles. The number of nitrogens with zero attached hydrogens (tertiary/aromatic N) is 2. The van der Waals surface area contributed by atoms with E-state index in [9.17, 15) is 9.59 Å². The second-order valence-electron chi connectivity index (χ2n) is 7.21. The highest BCUT2D eigenvalue weighted by Crippen LogP contribution is 2.24. The van der Waals surface area contributed by atoms with Crippen LogP contribution in [0.4, 0.5) is 5.82 Å². The molecule has 0 aliphatic rings. The van der Waals surface area contributed by atoms with Gasteiger partial charge in [0.05, 0.1) is 5.92 Å². The lowest BCUT2D eigenvalue weighted by atomic mass is 9.96. The number of aryl methyl sites for hydroxylation is 1. The molecular formula is C23H28N4O2. The normalized spacial score (nSPS) is 12.0. The van der Waals surface area contributed by atoms with Gasteiger partial charge in [0.1, 0.15) is 5.65 Å². The molecule has 3 aromatic rings. The molecular weight excluding hydrogens is 364 g/mol. The number of nitrogens with one attached hydrogen (secondary N) is 2. The van der Waals surface area contributed by atoms with Gasteiger partial charge in [-0.3, -0.25) is 14.0 Å². The summed E-state index contributed by atoms with van der Waals surface area (Å²) in [6.45, 7) is 6.59. The van der Waals surface area contributed by atoms with Crippen LogP contribution in [0.3, 0.4) is 0 Å². The van der Waals surface area contributed by atoms with Crippen molar-refractivity contribution in [3.8, 4) is 0 Å². The third kappa shape index (κ3) is 4.65. The van der Waals surface area contributed by atoms with E-state index in [2.05, 4.69) is 22.5 Å². The van der Waals surface area contributed by atoms with E-state index in [4.69, 9.17) is 0 Å². The SMILES string of the molecule is CCCCNC(=O)c1c(NC(=O)C(CC)c2ccccc2)nc2ccc(C)cn12. The van der Waals surface area contributed by atoms with Gasteiger partial charge in [-0.2, -0.15) is 0 Å². The number of aromatic nitrogens is 2. The number of amides is 2. The van der Waals surface area contributed by atoms with Gasteiger partial charge in [-0.1, -0.05) is 56.7 Å². The van der Waals surface area contributed by atoms with Crippen LogP contribution in [0.15, 0.2) is 48.7 Å². The minimum Gasteiger partial charge on any atom is -0.351 e. The number of carbonyl (C=O) groups is 2. The van der Waals surface area contributed by atoms with Crippen molar-refractivity contribution in [1.82, 2.24) is 14.7 Å². The van der Waals surface area contributed by atoms with Crippen LogP contribution in [0.25, 0.3) is 5.65 Å². The van der Waals surface area contributed by atoms with Crippen molar-refractivity contribution in [2.45, 2.75) is 46.0 Å². The number of hydrogen-bond donors (Lipinski definition) is 2. The summed E-state index contributed by atoms with van der Waals surface area (Å²) >= 11 is 0. The minimum absolute atomic E-state index is 0.165. The molecule has 2 N–H and O–H groups in total. The average molecular weight is 393 g/mol. The Kier molecular flexibility index (Phi) is 6.65. The number of imidazole rings is 1. The number of rotatable bonds is 8. The van der Waals surface area contributed by atoms with Gasteiger partial charge >= 0.3 is 0 Å². The van der Waals surface area contributed by atoms with E-state index >= 15 is 0 Å². The van der Waals surface area contributed by atoms with E-state index in [0.717, 1.165) is 24.0 Å². The zero-order chi connectivity index (χ0) is 20.8. The molecule has 2 amide bonds. The predicted molar refractivity (Wildman–Crippen MR) is 115 cm³/mol. The Morgan fingerprint density at radius 3 is 2.55 bits per heavy atom. The Bertz CT molecular complexity index is 995. The Labute approximate surface area is 171 Å². The van der Waals surface area contributed by atoms with Crippen molar-refractivity contribution in [3.05, 3.63) is 65.5 Å². The molecule has 0 saturated heterocycles. The molecule has 0 radical (unpaired) electrons. The first-order chi connectivity index (χ1) is 14.0. The summed E-state index contributed by atoms with van der Waals surface area (Å²) in [5, 5.41) is 5.84. The predicted octanol–water partition coefficient (Wildman–Crippen LogP) is 4.30. The lowest BCUT2D eigenvalue weighted by Gasteiger charge is -2.15. The smallest absolute Gasteiger partial charge is 0.272 e. The average Bonchev–Trinajstić information content (AvgIpc) is 3.06. The van der Waals surface area contributed by atoms with E-state index in [1.54, 1.807) is 4.40 Å². The second kappa shape index (κ2) is 9.37. The van der Waals surface area contributed by atoms with E-state index in [1.807, 2.05) is 62.5 Å². The van der Waals surface area contributed by atoms with Crippen LogP contribution in [-0.4, -0.2) is 27.7 Å². The molecule has 1 aromatic carbocycles. The van der Waals surface area contributed by atoms with Gasteiger partial charge in [-0.05, 0) is 37.0 Å². The Morgan fingerprint density at radius 1 is 1.10 bits per heavy atom. The van der Waals surface area contributed by atoms with E-state index in [-0.39, 0.29) is 17.7 Å². The van der Waals surface area contributed by atoms with Gasteiger partial charge in [0.2, 0.25) is 5.91 Å². The maximum atomic E-state index is 13.0. The molecule has 0 aliphatic heterocycles. The number of unbranched alkanes of at least 4 members (excludes halogenated alkanes) is 1. The lowest BCUT2D eigenvalue weighted by molar-refractivity contribution is -0.117. The Morgan fingerprint density at radius 2 is 1.86 bits per heavy atom. The van der Waals surface area contributed by atoms with Crippen LogP contribution in [0.2, 0.25) is 0 Å². The van der Waals surface area contributed by atoms with Crippen LogP contribution in [-0.2, 0) is 4.79 Å². The monoisotopic (exact) mass is 392 g/mol. The van der Waals surface area contributed by atoms with Crippen LogP contribution < -0.4 is 10.6 Å². The van der Waals surface area contributed by atoms with Gasteiger partial charge in [0.25, 0.3) is 5.91 Å².